The summed E-state index contributed by atoms with van der Waals surface area (Å²) >= 11 is 0. The van der Waals surface area contributed by atoms with Crippen LogP contribution in [-0.2, 0) is 6.42 Å². The molecule has 2 nitrogen and oxygen atoms in total. The molecule has 2 aromatic rings. The predicted octanol–water partition coefficient (Wildman–Crippen LogP) is 4.12. The Labute approximate surface area is 122 Å². The van der Waals surface area contributed by atoms with E-state index in [1.807, 2.05) is 12.1 Å². The fourth-order valence-electron chi connectivity index (χ4n) is 2.47. The number of nitrogens with two attached hydrogens (primary N) is 1. The van der Waals surface area contributed by atoms with E-state index in [0.717, 1.165) is 25.2 Å². The Morgan fingerprint density at radius 1 is 0.950 bits per heavy atom. The first-order valence-electron chi connectivity index (χ1n) is 7.44. The molecule has 0 spiro atoms. The second-order valence-corrected chi connectivity index (χ2v) is 5.12. The summed E-state index contributed by atoms with van der Waals surface area (Å²) in [5.41, 5.74) is 9.35. The zero-order valence-corrected chi connectivity index (χ0v) is 12.3. The molecule has 20 heavy (non-hydrogen) atoms. The van der Waals surface area contributed by atoms with E-state index in [-0.39, 0.29) is 0 Å². The lowest BCUT2D eigenvalue weighted by atomic mass is 10.1. The minimum Gasteiger partial charge on any atom is -0.399 e. The SMILES string of the molecule is CCN(CCCCc1ccccc1)c1cccc(N)c1. The molecule has 0 unspecified atom stereocenters. The molecule has 0 radical (unpaired) electrons. The van der Waals surface area contributed by atoms with Crippen molar-refractivity contribution in [2.75, 3.05) is 23.7 Å². The van der Waals surface area contributed by atoms with Crippen LogP contribution in [0.5, 0.6) is 0 Å². The van der Waals surface area contributed by atoms with E-state index in [4.69, 9.17) is 5.73 Å². The van der Waals surface area contributed by atoms with Gasteiger partial charge in [-0.15, -0.1) is 0 Å². The average Bonchev–Trinajstić information content (AvgIpc) is 2.48. The number of rotatable bonds is 7. The zero-order valence-electron chi connectivity index (χ0n) is 12.3. The van der Waals surface area contributed by atoms with Crippen molar-refractivity contribution in [2.45, 2.75) is 26.2 Å². The van der Waals surface area contributed by atoms with E-state index >= 15 is 0 Å². The number of hydrogen-bond donors (Lipinski definition) is 1. The number of nitrogens with zero attached hydrogens (tertiary/aromatic N) is 1. The van der Waals surface area contributed by atoms with Crippen LogP contribution < -0.4 is 10.6 Å². The van der Waals surface area contributed by atoms with Gasteiger partial charge in [0.15, 0.2) is 0 Å². The van der Waals surface area contributed by atoms with Crippen molar-refractivity contribution in [3.8, 4) is 0 Å². The van der Waals surface area contributed by atoms with Gasteiger partial charge in [0.2, 0.25) is 0 Å². The van der Waals surface area contributed by atoms with Crippen LogP contribution in [0.2, 0.25) is 0 Å². The topological polar surface area (TPSA) is 29.3 Å². The van der Waals surface area contributed by atoms with Crippen molar-refractivity contribution < 1.29 is 0 Å². The maximum Gasteiger partial charge on any atom is 0.0386 e. The van der Waals surface area contributed by atoms with Gasteiger partial charge < -0.3 is 10.6 Å². The molecule has 2 aromatic carbocycles. The molecule has 0 fully saturated rings. The summed E-state index contributed by atoms with van der Waals surface area (Å²) < 4.78 is 0. The molecule has 0 atom stereocenters. The molecule has 0 amide bonds. The molecule has 2 N–H and O–H groups in total. The Bertz CT molecular complexity index is 508. The van der Waals surface area contributed by atoms with Gasteiger partial charge in [-0.05, 0) is 49.9 Å². The third-order valence-electron chi connectivity index (χ3n) is 3.60. The van der Waals surface area contributed by atoms with Crippen molar-refractivity contribution in [1.82, 2.24) is 0 Å². The van der Waals surface area contributed by atoms with Gasteiger partial charge in [0.25, 0.3) is 0 Å². The molecule has 0 aliphatic carbocycles. The van der Waals surface area contributed by atoms with Gasteiger partial charge in [-0.1, -0.05) is 36.4 Å². The van der Waals surface area contributed by atoms with Crippen molar-refractivity contribution in [2.24, 2.45) is 0 Å². The van der Waals surface area contributed by atoms with Crippen LogP contribution in [-0.4, -0.2) is 13.1 Å². The molecular weight excluding hydrogens is 244 g/mol. The van der Waals surface area contributed by atoms with Gasteiger partial charge >= 0.3 is 0 Å². The lowest BCUT2D eigenvalue weighted by Crippen LogP contribution is -2.24. The van der Waals surface area contributed by atoms with E-state index in [1.54, 1.807) is 0 Å². The van der Waals surface area contributed by atoms with Crippen molar-refractivity contribution in [3.63, 3.8) is 0 Å². The number of benzene rings is 2. The van der Waals surface area contributed by atoms with Crippen LogP contribution in [0.25, 0.3) is 0 Å². The summed E-state index contributed by atoms with van der Waals surface area (Å²) in [7, 11) is 0. The van der Waals surface area contributed by atoms with Crippen molar-refractivity contribution in [3.05, 3.63) is 60.2 Å². The Morgan fingerprint density at radius 2 is 1.75 bits per heavy atom. The second kappa shape index (κ2) is 7.59. The number of aryl methyl sites for hydroxylation is 1. The van der Waals surface area contributed by atoms with Gasteiger partial charge in [0.1, 0.15) is 0 Å². The fraction of sp³-hybridized carbons (Fsp3) is 0.333. The number of anilines is 2. The van der Waals surface area contributed by atoms with Gasteiger partial charge in [-0.2, -0.15) is 0 Å². The minimum atomic E-state index is 0.838. The molecule has 0 aliphatic rings. The molecule has 0 aliphatic heterocycles. The largest absolute Gasteiger partial charge is 0.399 e. The van der Waals surface area contributed by atoms with E-state index in [1.165, 1.54) is 24.1 Å². The van der Waals surface area contributed by atoms with Crippen molar-refractivity contribution in [1.29, 1.82) is 0 Å². The second-order valence-electron chi connectivity index (χ2n) is 5.12. The highest BCUT2D eigenvalue weighted by molar-refractivity contribution is 5.55. The Morgan fingerprint density at radius 3 is 2.45 bits per heavy atom. The summed E-state index contributed by atoms with van der Waals surface area (Å²) in [6.07, 6.45) is 3.59. The maximum atomic E-state index is 5.86. The van der Waals surface area contributed by atoms with E-state index in [2.05, 4.69) is 54.3 Å². The molecule has 2 heteroatoms. The molecule has 0 heterocycles. The molecule has 106 valence electrons. The van der Waals surface area contributed by atoms with Crippen LogP contribution in [0.15, 0.2) is 54.6 Å². The fourth-order valence-corrected chi connectivity index (χ4v) is 2.47. The summed E-state index contributed by atoms with van der Waals surface area (Å²) in [5, 5.41) is 0. The molecule has 0 bridgehead atoms. The lowest BCUT2D eigenvalue weighted by Gasteiger charge is -2.23. The van der Waals surface area contributed by atoms with E-state index in [0.29, 0.717) is 0 Å². The smallest absolute Gasteiger partial charge is 0.0386 e. The van der Waals surface area contributed by atoms with Crippen molar-refractivity contribution >= 4 is 11.4 Å². The Hall–Kier alpha value is -1.96. The minimum absolute atomic E-state index is 0.838. The normalized spacial score (nSPS) is 10.4. The molecule has 0 saturated heterocycles. The summed E-state index contributed by atoms with van der Waals surface area (Å²) in [6.45, 7) is 4.31. The lowest BCUT2D eigenvalue weighted by molar-refractivity contribution is 0.696. The van der Waals surface area contributed by atoms with Gasteiger partial charge in [-0.3, -0.25) is 0 Å². The zero-order chi connectivity index (χ0) is 14.2. The first-order valence-corrected chi connectivity index (χ1v) is 7.44. The standard InChI is InChI=1S/C18H24N2/c1-2-20(18-13-8-12-17(19)15-18)14-7-6-11-16-9-4-3-5-10-16/h3-5,8-10,12-13,15H,2,6-7,11,14,19H2,1H3. The highest BCUT2D eigenvalue weighted by Crippen LogP contribution is 2.18. The molecular formula is C18H24N2. The summed E-state index contributed by atoms with van der Waals surface area (Å²) in [5.74, 6) is 0. The third-order valence-corrected chi connectivity index (χ3v) is 3.60. The first-order chi connectivity index (χ1) is 9.79. The van der Waals surface area contributed by atoms with Gasteiger partial charge in [0.05, 0.1) is 0 Å². The molecule has 0 aromatic heterocycles. The highest BCUT2D eigenvalue weighted by atomic mass is 15.1. The Kier molecular flexibility index (Phi) is 5.48. The number of unbranched alkanes of at least 4 members (excludes halogenated alkanes) is 1. The first kappa shape index (κ1) is 14.4. The monoisotopic (exact) mass is 268 g/mol. The van der Waals surface area contributed by atoms with Crippen LogP contribution in [0.1, 0.15) is 25.3 Å². The number of hydrogen-bond acceptors (Lipinski definition) is 2. The van der Waals surface area contributed by atoms with E-state index < -0.39 is 0 Å². The number of nitrogen functional groups attached to an aromatic ring is 1. The highest BCUT2D eigenvalue weighted by Gasteiger charge is 2.04. The van der Waals surface area contributed by atoms with Crippen LogP contribution >= 0.6 is 0 Å². The van der Waals surface area contributed by atoms with Crippen LogP contribution in [0.4, 0.5) is 11.4 Å². The van der Waals surface area contributed by atoms with Crippen LogP contribution in [0.3, 0.4) is 0 Å². The maximum absolute atomic E-state index is 5.86. The molecule has 0 saturated carbocycles. The molecule has 2 rings (SSSR count). The van der Waals surface area contributed by atoms with Gasteiger partial charge in [0, 0.05) is 24.5 Å². The van der Waals surface area contributed by atoms with Crippen LogP contribution in [0, 0.1) is 0 Å². The quantitative estimate of drug-likeness (QED) is 0.604. The van der Waals surface area contributed by atoms with Gasteiger partial charge in [-0.25, -0.2) is 0 Å². The summed E-state index contributed by atoms with van der Waals surface area (Å²) in [4.78, 5) is 2.39. The predicted molar refractivity (Wildman–Crippen MR) is 88.1 cm³/mol. The Balaban J connectivity index is 1.80. The van der Waals surface area contributed by atoms with E-state index in [9.17, 15) is 0 Å². The summed E-state index contributed by atoms with van der Waals surface area (Å²) in [6, 6.07) is 18.9. The third kappa shape index (κ3) is 4.30. The average molecular weight is 268 g/mol.